The lowest BCUT2D eigenvalue weighted by Crippen LogP contribution is -2.24. The van der Waals surface area contributed by atoms with Gasteiger partial charge in [-0.2, -0.15) is 0 Å². The van der Waals surface area contributed by atoms with Crippen LogP contribution in [0, 0.1) is 0 Å². The summed E-state index contributed by atoms with van der Waals surface area (Å²) in [7, 11) is 1.99. The molecule has 0 aliphatic carbocycles. The average molecular weight is 210 g/mol. The summed E-state index contributed by atoms with van der Waals surface area (Å²) in [5.74, 6) is 0. The topological polar surface area (TPSA) is 29.3 Å². The number of benzene rings is 1. The van der Waals surface area contributed by atoms with Crippen LogP contribution >= 0.6 is 11.8 Å². The van der Waals surface area contributed by atoms with Gasteiger partial charge in [-0.25, -0.2) is 0 Å². The normalized spacial score (nSPS) is 10.6. The molecule has 1 aromatic carbocycles. The molecule has 0 unspecified atom stereocenters. The third-order valence-corrected chi connectivity index (χ3v) is 2.94. The highest BCUT2D eigenvalue weighted by molar-refractivity contribution is 7.99. The van der Waals surface area contributed by atoms with Gasteiger partial charge in [0.15, 0.2) is 0 Å². The summed E-state index contributed by atoms with van der Waals surface area (Å²) >= 11 is 1.88. The van der Waals surface area contributed by atoms with E-state index in [1.165, 1.54) is 10.6 Å². The molecule has 1 aromatic rings. The summed E-state index contributed by atoms with van der Waals surface area (Å²) in [6.07, 6.45) is 0. The molecule has 0 saturated heterocycles. The molecular formula is C11H18N2S. The Balaban J connectivity index is 2.68. The zero-order chi connectivity index (χ0) is 10.6. The van der Waals surface area contributed by atoms with Gasteiger partial charge in [-0.15, -0.1) is 11.8 Å². The van der Waals surface area contributed by atoms with Crippen LogP contribution in [0.25, 0.3) is 0 Å². The van der Waals surface area contributed by atoms with Crippen LogP contribution in [0.2, 0.25) is 0 Å². The van der Waals surface area contributed by atoms with Crippen LogP contribution in [0.5, 0.6) is 0 Å². The monoisotopic (exact) mass is 210 g/mol. The fraction of sp³-hybridized carbons (Fsp3) is 0.455. The number of hydrogen-bond acceptors (Lipinski definition) is 3. The van der Waals surface area contributed by atoms with Gasteiger partial charge >= 0.3 is 0 Å². The Hall–Kier alpha value is -0.670. The van der Waals surface area contributed by atoms with Crippen LogP contribution in [-0.4, -0.2) is 19.0 Å². The molecule has 0 radical (unpaired) electrons. The van der Waals surface area contributed by atoms with Crippen molar-refractivity contribution in [2.75, 3.05) is 18.6 Å². The second kappa shape index (κ2) is 5.27. The Kier molecular flexibility index (Phi) is 4.29. The Morgan fingerprint density at radius 3 is 2.29 bits per heavy atom. The number of nitrogens with two attached hydrogens (primary N) is 1. The minimum atomic E-state index is 0.552. The first-order valence-corrected chi connectivity index (χ1v) is 5.69. The Labute approximate surface area is 90.5 Å². The van der Waals surface area contributed by atoms with Crippen molar-refractivity contribution in [3.63, 3.8) is 0 Å². The molecule has 2 nitrogen and oxygen atoms in total. The van der Waals surface area contributed by atoms with Crippen LogP contribution in [0.15, 0.2) is 29.2 Å². The number of nitrogens with zero attached hydrogens (tertiary/aromatic N) is 1. The van der Waals surface area contributed by atoms with E-state index in [-0.39, 0.29) is 0 Å². The van der Waals surface area contributed by atoms with Crippen molar-refractivity contribution in [1.29, 1.82) is 0 Å². The number of thioether (sulfide) groups is 1. The van der Waals surface area contributed by atoms with Crippen LogP contribution in [-0.2, 0) is 0 Å². The van der Waals surface area contributed by atoms with E-state index in [1.54, 1.807) is 0 Å². The lowest BCUT2D eigenvalue weighted by molar-refractivity contribution is 0.932. The maximum absolute atomic E-state index is 5.54. The maximum atomic E-state index is 5.54. The van der Waals surface area contributed by atoms with E-state index in [0.717, 1.165) is 0 Å². The molecule has 78 valence electrons. The minimum Gasteiger partial charge on any atom is -0.362 e. The van der Waals surface area contributed by atoms with Crippen molar-refractivity contribution in [3.05, 3.63) is 24.3 Å². The van der Waals surface area contributed by atoms with E-state index in [1.807, 2.05) is 23.7 Å². The zero-order valence-electron chi connectivity index (χ0n) is 9.03. The molecule has 0 saturated carbocycles. The summed E-state index contributed by atoms with van der Waals surface area (Å²) in [6.45, 7) is 4.95. The predicted molar refractivity (Wildman–Crippen MR) is 64.9 cm³/mol. The average Bonchev–Trinajstić information content (AvgIpc) is 2.17. The molecule has 0 aliphatic rings. The van der Waals surface area contributed by atoms with Crippen LogP contribution < -0.4 is 10.6 Å². The second-order valence-corrected chi connectivity index (χ2v) is 5.19. The summed E-state index contributed by atoms with van der Waals surface area (Å²) in [6, 6.07) is 8.51. The molecule has 2 N–H and O–H groups in total. The number of hydrogen-bond donors (Lipinski definition) is 1. The fourth-order valence-electron chi connectivity index (χ4n) is 1.16. The van der Waals surface area contributed by atoms with Gasteiger partial charge in [0.2, 0.25) is 0 Å². The number of anilines is 1. The summed E-state index contributed by atoms with van der Waals surface area (Å²) in [4.78, 5) is 3.33. The van der Waals surface area contributed by atoms with Gasteiger partial charge in [-0.1, -0.05) is 13.8 Å². The lowest BCUT2D eigenvalue weighted by Gasteiger charge is -2.16. The Bertz CT molecular complexity index is 269. The van der Waals surface area contributed by atoms with E-state index in [2.05, 4.69) is 38.1 Å². The molecule has 0 aromatic heterocycles. The molecule has 0 amide bonds. The molecule has 0 fully saturated rings. The van der Waals surface area contributed by atoms with Gasteiger partial charge in [0.1, 0.15) is 0 Å². The van der Waals surface area contributed by atoms with Crippen molar-refractivity contribution >= 4 is 17.4 Å². The van der Waals surface area contributed by atoms with Gasteiger partial charge < -0.3 is 10.6 Å². The first kappa shape index (κ1) is 11.4. The van der Waals surface area contributed by atoms with Crippen molar-refractivity contribution in [2.24, 2.45) is 5.73 Å². The lowest BCUT2D eigenvalue weighted by atomic mass is 10.3. The third-order valence-electron chi connectivity index (χ3n) is 1.92. The van der Waals surface area contributed by atoms with Crippen molar-refractivity contribution < 1.29 is 0 Å². The van der Waals surface area contributed by atoms with Gasteiger partial charge in [0.05, 0.1) is 6.67 Å². The number of rotatable bonds is 4. The van der Waals surface area contributed by atoms with Crippen LogP contribution in [0.3, 0.4) is 0 Å². The van der Waals surface area contributed by atoms with Crippen molar-refractivity contribution in [1.82, 2.24) is 0 Å². The Morgan fingerprint density at radius 2 is 1.86 bits per heavy atom. The van der Waals surface area contributed by atoms with Crippen LogP contribution in [0.4, 0.5) is 5.69 Å². The van der Waals surface area contributed by atoms with Gasteiger partial charge in [-0.05, 0) is 24.3 Å². The van der Waals surface area contributed by atoms with Crippen molar-refractivity contribution in [2.45, 2.75) is 24.0 Å². The molecule has 14 heavy (non-hydrogen) atoms. The molecule has 0 bridgehead atoms. The molecule has 3 heteroatoms. The van der Waals surface area contributed by atoms with Crippen molar-refractivity contribution in [3.8, 4) is 0 Å². The van der Waals surface area contributed by atoms with Crippen LogP contribution in [0.1, 0.15) is 13.8 Å². The van der Waals surface area contributed by atoms with E-state index in [9.17, 15) is 0 Å². The second-order valence-electron chi connectivity index (χ2n) is 3.54. The quantitative estimate of drug-likeness (QED) is 0.611. The SMILES string of the molecule is CC(C)Sc1ccc(N(C)CN)cc1. The highest BCUT2D eigenvalue weighted by Crippen LogP contribution is 2.24. The highest BCUT2D eigenvalue weighted by atomic mass is 32.2. The molecule has 1 rings (SSSR count). The van der Waals surface area contributed by atoms with E-state index < -0.39 is 0 Å². The van der Waals surface area contributed by atoms with E-state index in [0.29, 0.717) is 11.9 Å². The Morgan fingerprint density at radius 1 is 1.29 bits per heavy atom. The largest absolute Gasteiger partial charge is 0.362 e. The maximum Gasteiger partial charge on any atom is 0.0653 e. The third kappa shape index (κ3) is 3.24. The van der Waals surface area contributed by atoms with Gasteiger partial charge in [-0.3, -0.25) is 0 Å². The highest BCUT2D eigenvalue weighted by Gasteiger charge is 2.00. The molecular weight excluding hydrogens is 192 g/mol. The molecule has 0 spiro atoms. The van der Waals surface area contributed by atoms with Gasteiger partial charge in [0, 0.05) is 22.9 Å². The molecule has 0 aliphatic heterocycles. The predicted octanol–water partition coefficient (Wildman–Crippen LogP) is 2.54. The fourth-order valence-corrected chi connectivity index (χ4v) is 1.99. The van der Waals surface area contributed by atoms with E-state index in [4.69, 9.17) is 5.73 Å². The zero-order valence-corrected chi connectivity index (χ0v) is 9.84. The smallest absolute Gasteiger partial charge is 0.0653 e. The first-order chi connectivity index (χ1) is 6.63. The summed E-state index contributed by atoms with van der Waals surface area (Å²) < 4.78 is 0. The van der Waals surface area contributed by atoms with Gasteiger partial charge in [0.25, 0.3) is 0 Å². The first-order valence-electron chi connectivity index (χ1n) is 4.81. The molecule has 0 heterocycles. The standard InChI is InChI=1S/C11H18N2S/c1-9(2)14-11-6-4-10(5-7-11)13(3)8-12/h4-7,9H,8,12H2,1-3H3. The minimum absolute atomic E-state index is 0.552. The summed E-state index contributed by atoms with van der Waals surface area (Å²) in [5, 5.41) is 0.632. The summed E-state index contributed by atoms with van der Waals surface area (Å²) in [5.41, 5.74) is 6.71. The van der Waals surface area contributed by atoms with E-state index >= 15 is 0 Å². The molecule has 0 atom stereocenters.